The summed E-state index contributed by atoms with van der Waals surface area (Å²) in [5.41, 5.74) is -1.64. The smallest absolute Gasteiger partial charge is 0.326 e. The fourth-order valence-electron chi connectivity index (χ4n) is 1.69. The predicted molar refractivity (Wildman–Crippen MR) is 50.3 cm³/mol. The summed E-state index contributed by atoms with van der Waals surface area (Å²) >= 11 is 0. The van der Waals surface area contributed by atoms with Gasteiger partial charge in [0.25, 0.3) is 5.56 Å². The molecule has 82 valence electrons. The van der Waals surface area contributed by atoms with E-state index in [-0.39, 0.29) is 18.2 Å². The molecule has 1 atom stereocenters. The lowest BCUT2D eigenvalue weighted by atomic mass is 10.1. The maximum atomic E-state index is 13.3. The van der Waals surface area contributed by atoms with Crippen LogP contribution in [0, 0.1) is 5.82 Å². The first-order chi connectivity index (χ1) is 7.16. The Balaban J connectivity index is 2.27. The highest BCUT2D eigenvalue weighted by molar-refractivity contribution is 5.04. The molecule has 1 aliphatic heterocycles. The highest BCUT2D eigenvalue weighted by Crippen LogP contribution is 2.15. The fourth-order valence-corrected chi connectivity index (χ4v) is 1.69. The topological polar surface area (TPSA) is 75.0 Å². The van der Waals surface area contributed by atoms with E-state index in [0.29, 0.717) is 6.61 Å². The summed E-state index contributed by atoms with van der Waals surface area (Å²) < 4.78 is 18.6. The molecule has 6 heteroatoms. The van der Waals surface area contributed by atoms with Crippen molar-refractivity contribution >= 4 is 0 Å². The first kappa shape index (κ1) is 10.1. The van der Waals surface area contributed by atoms with Crippen molar-refractivity contribution in [3.05, 3.63) is 32.3 Å². The molecule has 2 heterocycles. The van der Waals surface area contributed by atoms with Crippen LogP contribution in [0.2, 0.25) is 0 Å². The van der Waals surface area contributed by atoms with E-state index in [4.69, 9.17) is 4.74 Å². The number of hydrogen-bond donors (Lipinski definition) is 2. The molecule has 1 unspecified atom stereocenters. The monoisotopic (exact) mass is 214 g/mol. The number of halogens is 1. The summed E-state index contributed by atoms with van der Waals surface area (Å²) in [4.78, 5) is 26.0. The lowest BCUT2D eigenvalue weighted by Crippen LogP contribution is -2.29. The van der Waals surface area contributed by atoms with Crippen molar-refractivity contribution in [1.82, 2.24) is 9.97 Å². The Labute approximate surface area is 84.3 Å². The van der Waals surface area contributed by atoms with Crippen LogP contribution in [0.4, 0.5) is 4.39 Å². The first-order valence-corrected chi connectivity index (χ1v) is 4.79. The van der Waals surface area contributed by atoms with Gasteiger partial charge in [-0.3, -0.25) is 9.78 Å². The van der Waals surface area contributed by atoms with Gasteiger partial charge in [0.15, 0.2) is 0 Å². The number of aromatic nitrogens is 2. The van der Waals surface area contributed by atoms with Crippen LogP contribution in [-0.2, 0) is 11.2 Å². The van der Waals surface area contributed by atoms with E-state index in [1.165, 1.54) is 0 Å². The Morgan fingerprint density at radius 3 is 2.87 bits per heavy atom. The molecule has 1 saturated heterocycles. The van der Waals surface area contributed by atoms with Crippen molar-refractivity contribution in [3.63, 3.8) is 0 Å². The van der Waals surface area contributed by atoms with E-state index >= 15 is 0 Å². The van der Waals surface area contributed by atoms with Crippen molar-refractivity contribution in [2.45, 2.75) is 25.4 Å². The van der Waals surface area contributed by atoms with Crippen molar-refractivity contribution in [3.8, 4) is 0 Å². The average molecular weight is 214 g/mol. The van der Waals surface area contributed by atoms with Crippen LogP contribution in [0.3, 0.4) is 0 Å². The Kier molecular flexibility index (Phi) is 2.68. The molecule has 5 nitrogen and oxygen atoms in total. The first-order valence-electron chi connectivity index (χ1n) is 4.79. The molecule has 2 rings (SSSR count). The minimum atomic E-state index is -0.980. The Bertz CT molecular complexity index is 459. The van der Waals surface area contributed by atoms with Gasteiger partial charge in [0, 0.05) is 13.0 Å². The summed E-state index contributed by atoms with van der Waals surface area (Å²) in [6.45, 7) is 0.652. The third-order valence-corrected chi connectivity index (χ3v) is 2.41. The number of nitrogens with one attached hydrogen (secondary N) is 2. The summed E-state index contributed by atoms with van der Waals surface area (Å²) in [7, 11) is 0. The van der Waals surface area contributed by atoms with Crippen LogP contribution in [0.5, 0.6) is 0 Å². The molecule has 1 fully saturated rings. The third kappa shape index (κ3) is 2.15. The van der Waals surface area contributed by atoms with Crippen molar-refractivity contribution in [2.75, 3.05) is 6.61 Å². The van der Waals surface area contributed by atoms with Crippen molar-refractivity contribution in [2.24, 2.45) is 0 Å². The van der Waals surface area contributed by atoms with Gasteiger partial charge >= 0.3 is 5.69 Å². The fraction of sp³-hybridized carbons (Fsp3) is 0.556. The van der Waals surface area contributed by atoms with Crippen LogP contribution in [0.1, 0.15) is 18.5 Å². The summed E-state index contributed by atoms with van der Waals surface area (Å²) in [6, 6.07) is 0. The van der Waals surface area contributed by atoms with Crippen LogP contribution < -0.4 is 11.2 Å². The summed E-state index contributed by atoms with van der Waals surface area (Å²) in [5, 5.41) is 0. The molecule has 1 aliphatic rings. The van der Waals surface area contributed by atoms with E-state index in [0.717, 1.165) is 12.8 Å². The van der Waals surface area contributed by atoms with Crippen LogP contribution in [-0.4, -0.2) is 22.7 Å². The molecule has 0 spiro atoms. The molecule has 0 aromatic carbocycles. The number of hydrogen-bond acceptors (Lipinski definition) is 3. The van der Waals surface area contributed by atoms with Gasteiger partial charge in [0.2, 0.25) is 5.82 Å². The van der Waals surface area contributed by atoms with E-state index in [9.17, 15) is 14.0 Å². The van der Waals surface area contributed by atoms with Gasteiger partial charge in [0.05, 0.1) is 11.8 Å². The van der Waals surface area contributed by atoms with Gasteiger partial charge in [-0.2, -0.15) is 4.39 Å². The molecule has 0 aliphatic carbocycles. The van der Waals surface area contributed by atoms with Gasteiger partial charge in [-0.1, -0.05) is 0 Å². The van der Waals surface area contributed by atoms with E-state index < -0.39 is 17.1 Å². The van der Waals surface area contributed by atoms with Crippen LogP contribution >= 0.6 is 0 Å². The van der Waals surface area contributed by atoms with Gasteiger partial charge in [-0.25, -0.2) is 4.79 Å². The third-order valence-electron chi connectivity index (χ3n) is 2.41. The van der Waals surface area contributed by atoms with Crippen LogP contribution in [0.25, 0.3) is 0 Å². The minimum absolute atomic E-state index is 0.0238. The molecular weight excluding hydrogens is 203 g/mol. The maximum absolute atomic E-state index is 13.3. The van der Waals surface area contributed by atoms with Gasteiger partial charge < -0.3 is 9.72 Å². The number of ether oxygens (including phenoxy) is 1. The second kappa shape index (κ2) is 3.98. The normalized spacial score (nSPS) is 20.7. The van der Waals surface area contributed by atoms with Gasteiger partial charge in [-0.05, 0) is 12.8 Å². The Morgan fingerprint density at radius 1 is 1.40 bits per heavy atom. The lowest BCUT2D eigenvalue weighted by Gasteiger charge is -2.08. The number of rotatable bonds is 2. The van der Waals surface area contributed by atoms with E-state index in [1.54, 1.807) is 0 Å². The zero-order chi connectivity index (χ0) is 10.8. The lowest BCUT2D eigenvalue weighted by molar-refractivity contribution is 0.109. The van der Waals surface area contributed by atoms with Gasteiger partial charge in [-0.15, -0.1) is 0 Å². The molecule has 2 N–H and O–H groups in total. The Morgan fingerprint density at radius 2 is 2.20 bits per heavy atom. The maximum Gasteiger partial charge on any atom is 0.326 e. The van der Waals surface area contributed by atoms with Crippen LogP contribution in [0.15, 0.2) is 9.59 Å². The molecule has 0 amide bonds. The molecule has 1 aromatic heterocycles. The molecular formula is C9H11FN2O3. The second-order valence-electron chi connectivity index (χ2n) is 3.54. The molecule has 0 radical (unpaired) electrons. The van der Waals surface area contributed by atoms with Crippen molar-refractivity contribution < 1.29 is 9.13 Å². The van der Waals surface area contributed by atoms with Gasteiger partial charge in [0.1, 0.15) is 0 Å². The zero-order valence-corrected chi connectivity index (χ0v) is 8.01. The quantitative estimate of drug-likeness (QED) is 0.723. The van der Waals surface area contributed by atoms with E-state index in [2.05, 4.69) is 4.98 Å². The summed E-state index contributed by atoms with van der Waals surface area (Å²) in [6.07, 6.45) is 1.90. The van der Waals surface area contributed by atoms with E-state index in [1.807, 2.05) is 4.98 Å². The standard InChI is InChI=1S/C9H11FN2O3/c10-7-6(4-5-2-1-3-15-5)11-9(14)12-8(7)13/h5H,1-4H2,(H2,11,12,13,14). The second-order valence-corrected chi connectivity index (χ2v) is 3.54. The Hall–Kier alpha value is -1.43. The summed E-state index contributed by atoms with van der Waals surface area (Å²) in [5.74, 6) is -0.926. The highest BCUT2D eigenvalue weighted by Gasteiger charge is 2.19. The molecule has 1 aromatic rings. The SMILES string of the molecule is O=c1[nH]c(CC2CCCO2)c(F)c(=O)[nH]1. The number of H-pyrrole nitrogens is 2. The predicted octanol–water partition coefficient (Wildman–Crippen LogP) is -0.0762. The average Bonchev–Trinajstić information content (AvgIpc) is 2.66. The largest absolute Gasteiger partial charge is 0.378 e. The highest BCUT2D eigenvalue weighted by atomic mass is 19.1. The number of aromatic amines is 2. The zero-order valence-electron chi connectivity index (χ0n) is 8.01. The van der Waals surface area contributed by atoms with Crippen molar-refractivity contribution in [1.29, 1.82) is 0 Å². The molecule has 0 bridgehead atoms. The minimum Gasteiger partial charge on any atom is -0.378 e. The molecule has 15 heavy (non-hydrogen) atoms. The molecule has 0 saturated carbocycles.